The summed E-state index contributed by atoms with van der Waals surface area (Å²) in [5.74, 6) is -0.426. The molecular weight excluding hydrogens is 530 g/mol. The van der Waals surface area contributed by atoms with Crippen LogP contribution in [0.2, 0.25) is 5.02 Å². The number of carbonyl (C=O) groups is 2. The van der Waals surface area contributed by atoms with E-state index in [1.807, 2.05) is 0 Å². The number of fused-ring (bicyclic) bond motifs is 1. The van der Waals surface area contributed by atoms with E-state index in [2.05, 4.69) is 26.2 Å². The van der Waals surface area contributed by atoms with Gasteiger partial charge in [-0.05, 0) is 39.0 Å². The predicted octanol–water partition coefficient (Wildman–Crippen LogP) is 3.62. The number of amidine groups is 1. The summed E-state index contributed by atoms with van der Waals surface area (Å²) in [6.45, 7) is 5.33. The summed E-state index contributed by atoms with van der Waals surface area (Å²) in [5, 5.41) is 3.14. The number of ether oxygens (including phenoxy) is 1. The minimum absolute atomic E-state index is 0.0150. The fourth-order valence-electron chi connectivity index (χ4n) is 3.27. The van der Waals surface area contributed by atoms with Crippen LogP contribution >= 0.6 is 39.3 Å². The summed E-state index contributed by atoms with van der Waals surface area (Å²) in [5.41, 5.74) is -0.0300. The molecular formula is C19H23BrClN3O5S2. The molecule has 0 radical (unpaired) electrons. The second-order valence-electron chi connectivity index (χ2n) is 8.23. The number of carbonyl (C=O) groups excluding carboxylic acids is 2. The fourth-order valence-corrected chi connectivity index (χ4v) is 7.96. The van der Waals surface area contributed by atoms with Gasteiger partial charge in [0.1, 0.15) is 5.60 Å². The third-order valence-electron chi connectivity index (χ3n) is 4.46. The van der Waals surface area contributed by atoms with Crippen LogP contribution in [0.25, 0.3) is 0 Å². The number of aliphatic imine (C=N–C) groups is 1. The SMILES string of the molecule is CC(C)(C)OC(=O)NCCC(=O)N=C1S[C@H]2CS(=O)(=O)C[C@H]2N1c1ccc(Br)cc1Cl. The lowest BCUT2D eigenvalue weighted by Crippen LogP contribution is -2.38. The van der Waals surface area contributed by atoms with Gasteiger partial charge in [0.25, 0.3) is 0 Å². The Morgan fingerprint density at radius 1 is 1.35 bits per heavy atom. The molecule has 1 aromatic carbocycles. The summed E-state index contributed by atoms with van der Waals surface area (Å²) in [7, 11) is -3.17. The number of anilines is 1. The Morgan fingerprint density at radius 3 is 2.71 bits per heavy atom. The summed E-state index contributed by atoms with van der Waals surface area (Å²) >= 11 is 11.0. The summed E-state index contributed by atoms with van der Waals surface area (Å²) in [6.07, 6.45) is -0.620. The Morgan fingerprint density at radius 2 is 2.06 bits per heavy atom. The monoisotopic (exact) mass is 551 g/mol. The van der Waals surface area contributed by atoms with Crippen molar-refractivity contribution in [3.63, 3.8) is 0 Å². The van der Waals surface area contributed by atoms with Gasteiger partial charge in [-0.15, -0.1) is 0 Å². The van der Waals surface area contributed by atoms with Gasteiger partial charge in [0.05, 0.1) is 28.3 Å². The Balaban J connectivity index is 1.75. The van der Waals surface area contributed by atoms with Crippen LogP contribution in [0.5, 0.6) is 0 Å². The highest BCUT2D eigenvalue weighted by Crippen LogP contribution is 2.43. The van der Waals surface area contributed by atoms with Gasteiger partial charge in [-0.2, -0.15) is 4.99 Å². The second-order valence-corrected chi connectivity index (χ2v) is 12.9. The molecule has 2 fully saturated rings. The number of thioether (sulfide) groups is 1. The van der Waals surface area contributed by atoms with Crippen molar-refractivity contribution in [2.45, 2.75) is 44.1 Å². The number of rotatable bonds is 4. The third-order valence-corrected chi connectivity index (χ3v) is 8.47. The number of halogens is 2. The number of sulfone groups is 1. The molecule has 1 aromatic rings. The van der Waals surface area contributed by atoms with Crippen molar-refractivity contribution in [3.05, 3.63) is 27.7 Å². The molecule has 12 heteroatoms. The van der Waals surface area contributed by atoms with Gasteiger partial charge in [-0.3, -0.25) is 4.79 Å². The zero-order valence-corrected chi connectivity index (χ0v) is 21.2. The van der Waals surface area contributed by atoms with Gasteiger partial charge in [0, 0.05) is 22.7 Å². The van der Waals surface area contributed by atoms with Crippen LogP contribution in [0.3, 0.4) is 0 Å². The lowest BCUT2D eigenvalue weighted by Gasteiger charge is -2.25. The van der Waals surface area contributed by atoms with Crippen molar-refractivity contribution in [3.8, 4) is 0 Å². The second kappa shape index (κ2) is 9.29. The number of alkyl carbamates (subject to hydrolysis) is 1. The molecule has 0 bridgehead atoms. The first kappa shape index (κ1) is 24.3. The lowest BCUT2D eigenvalue weighted by atomic mass is 10.2. The first-order chi connectivity index (χ1) is 14.3. The number of nitrogens with zero attached hydrogens (tertiary/aromatic N) is 2. The van der Waals surface area contributed by atoms with E-state index in [9.17, 15) is 18.0 Å². The number of amides is 2. The van der Waals surface area contributed by atoms with Crippen LogP contribution in [0, 0.1) is 0 Å². The van der Waals surface area contributed by atoms with Crippen molar-refractivity contribution < 1.29 is 22.7 Å². The molecule has 2 atom stereocenters. The van der Waals surface area contributed by atoms with Gasteiger partial charge in [-0.25, -0.2) is 13.2 Å². The number of nitrogens with one attached hydrogen (secondary N) is 1. The molecule has 2 saturated heterocycles. The van der Waals surface area contributed by atoms with E-state index in [0.717, 1.165) is 4.47 Å². The molecule has 0 aliphatic carbocycles. The molecule has 0 aromatic heterocycles. The molecule has 1 N–H and O–H groups in total. The van der Waals surface area contributed by atoms with E-state index in [-0.39, 0.29) is 35.8 Å². The summed E-state index contributed by atoms with van der Waals surface area (Å²) < 4.78 is 30.2. The maximum absolute atomic E-state index is 12.5. The fraction of sp³-hybridized carbons (Fsp3) is 0.526. The molecule has 170 valence electrons. The maximum atomic E-state index is 12.5. The van der Waals surface area contributed by atoms with Crippen LogP contribution in [-0.4, -0.2) is 60.5 Å². The Bertz CT molecular complexity index is 1030. The van der Waals surface area contributed by atoms with E-state index in [4.69, 9.17) is 16.3 Å². The first-order valence-electron chi connectivity index (χ1n) is 9.54. The highest BCUT2D eigenvalue weighted by Gasteiger charge is 2.49. The Hall–Kier alpha value is -1.30. The largest absolute Gasteiger partial charge is 0.444 e. The smallest absolute Gasteiger partial charge is 0.407 e. The average Bonchev–Trinajstić information content (AvgIpc) is 3.04. The zero-order chi connectivity index (χ0) is 23.0. The van der Waals surface area contributed by atoms with Crippen LogP contribution in [-0.2, 0) is 19.4 Å². The molecule has 8 nitrogen and oxygen atoms in total. The van der Waals surface area contributed by atoms with Crippen LogP contribution in [0.15, 0.2) is 27.7 Å². The van der Waals surface area contributed by atoms with E-state index in [1.54, 1.807) is 43.9 Å². The molecule has 2 amide bonds. The molecule has 2 aliphatic rings. The van der Waals surface area contributed by atoms with Crippen molar-refractivity contribution in [2.75, 3.05) is 23.0 Å². The van der Waals surface area contributed by atoms with Gasteiger partial charge in [0.2, 0.25) is 5.91 Å². The van der Waals surface area contributed by atoms with Crippen molar-refractivity contribution in [2.24, 2.45) is 4.99 Å². The lowest BCUT2D eigenvalue weighted by molar-refractivity contribution is -0.117. The van der Waals surface area contributed by atoms with Gasteiger partial charge >= 0.3 is 6.09 Å². The maximum Gasteiger partial charge on any atom is 0.407 e. The quantitative estimate of drug-likeness (QED) is 0.608. The van der Waals surface area contributed by atoms with E-state index < -0.39 is 27.4 Å². The predicted molar refractivity (Wildman–Crippen MR) is 127 cm³/mol. The van der Waals surface area contributed by atoms with Gasteiger partial charge in [0.15, 0.2) is 15.0 Å². The van der Waals surface area contributed by atoms with Crippen molar-refractivity contribution in [1.29, 1.82) is 0 Å². The van der Waals surface area contributed by atoms with Crippen LogP contribution < -0.4 is 10.2 Å². The number of hydrogen-bond donors (Lipinski definition) is 1. The number of hydrogen-bond acceptors (Lipinski definition) is 6. The summed E-state index contributed by atoms with van der Waals surface area (Å²) in [4.78, 5) is 30.1. The van der Waals surface area contributed by atoms with Crippen LogP contribution in [0.1, 0.15) is 27.2 Å². The van der Waals surface area contributed by atoms with E-state index in [1.165, 1.54) is 11.8 Å². The minimum Gasteiger partial charge on any atom is -0.444 e. The van der Waals surface area contributed by atoms with Gasteiger partial charge in [-0.1, -0.05) is 39.3 Å². The van der Waals surface area contributed by atoms with E-state index in [0.29, 0.717) is 15.9 Å². The highest BCUT2D eigenvalue weighted by molar-refractivity contribution is 9.10. The average molecular weight is 553 g/mol. The van der Waals surface area contributed by atoms with E-state index >= 15 is 0 Å². The topological polar surface area (TPSA) is 105 Å². The molecule has 0 saturated carbocycles. The standard InChI is InChI=1S/C19H23BrClN3O5S2/c1-19(2,3)29-18(26)22-7-6-16(25)23-17-24(13-5-4-11(20)8-12(13)21)14-9-31(27,28)10-15(14)30-17/h4-5,8,14-15H,6-7,9-10H2,1-3H3,(H,22,26)/t14-,15+/m1/s1. The minimum atomic E-state index is -3.17. The highest BCUT2D eigenvalue weighted by atomic mass is 79.9. The molecule has 31 heavy (non-hydrogen) atoms. The first-order valence-corrected chi connectivity index (χ1v) is 13.4. The molecule has 2 heterocycles. The van der Waals surface area contributed by atoms with Gasteiger partial charge < -0.3 is 15.0 Å². The third kappa shape index (κ3) is 6.36. The summed E-state index contributed by atoms with van der Waals surface area (Å²) in [6, 6.07) is 4.93. The zero-order valence-electron chi connectivity index (χ0n) is 17.2. The number of benzene rings is 1. The molecule has 0 unspecified atom stereocenters. The molecule has 3 rings (SSSR count). The Labute approximate surface area is 199 Å². The normalized spacial score (nSPS) is 23.6. The Kier molecular flexibility index (Phi) is 7.29. The van der Waals surface area contributed by atoms with Crippen molar-refractivity contribution >= 4 is 72.0 Å². The van der Waals surface area contributed by atoms with Crippen LogP contribution in [0.4, 0.5) is 10.5 Å². The molecule has 0 spiro atoms. The molecule has 2 aliphatic heterocycles. The van der Waals surface area contributed by atoms with Crippen molar-refractivity contribution in [1.82, 2.24) is 5.32 Å².